The number of nitrogens with one attached hydrogen (secondary N) is 1. The maximum atomic E-state index is 3.50. The Labute approximate surface area is 134 Å². The molecule has 0 saturated carbocycles. The first-order valence-electron chi connectivity index (χ1n) is 8.27. The van der Waals surface area contributed by atoms with E-state index in [2.05, 4.69) is 49.1 Å². The maximum absolute atomic E-state index is 3.50. The molecule has 2 rings (SSSR count). The standard InChI is InChI=1S/C17H31N3S/c1-5-8-18-11-17-10-15(14(2)21-17)12-19(3)13-16-7-6-9-20(16)4/h10,16,18H,5-9,11-13H2,1-4H3. The van der Waals surface area contributed by atoms with E-state index in [0.717, 1.165) is 25.7 Å². The molecule has 1 N–H and O–H groups in total. The zero-order chi connectivity index (χ0) is 15.2. The summed E-state index contributed by atoms with van der Waals surface area (Å²) in [5.41, 5.74) is 1.51. The van der Waals surface area contributed by atoms with E-state index in [-0.39, 0.29) is 0 Å². The molecule has 0 radical (unpaired) electrons. The van der Waals surface area contributed by atoms with Gasteiger partial charge in [-0.2, -0.15) is 0 Å². The molecule has 0 bridgehead atoms. The van der Waals surface area contributed by atoms with Gasteiger partial charge in [0.25, 0.3) is 0 Å². The van der Waals surface area contributed by atoms with Gasteiger partial charge in [0.1, 0.15) is 0 Å². The van der Waals surface area contributed by atoms with E-state index in [1.807, 2.05) is 11.3 Å². The number of aryl methyl sites for hydroxylation is 1. The van der Waals surface area contributed by atoms with Gasteiger partial charge in [0.2, 0.25) is 0 Å². The smallest absolute Gasteiger partial charge is 0.0299 e. The minimum absolute atomic E-state index is 0.750. The first-order valence-corrected chi connectivity index (χ1v) is 9.09. The lowest BCUT2D eigenvalue weighted by molar-refractivity contribution is 0.215. The van der Waals surface area contributed by atoms with E-state index in [4.69, 9.17) is 0 Å². The molecule has 2 heterocycles. The van der Waals surface area contributed by atoms with Crippen molar-refractivity contribution < 1.29 is 0 Å². The predicted molar refractivity (Wildman–Crippen MR) is 93.0 cm³/mol. The van der Waals surface area contributed by atoms with Gasteiger partial charge in [0.15, 0.2) is 0 Å². The van der Waals surface area contributed by atoms with Crippen LogP contribution in [0.4, 0.5) is 0 Å². The second-order valence-corrected chi connectivity index (χ2v) is 7.79. The van der Waals surface area contributed by atoms with Crippen molar-refractivity contribution in [2.75, 3.05) is 33.7 Å². The molecule has 1 saturated heterocycles. The normalized spacial score (nSPS) is 19.8. The van der Waals surface area contributed by atoms with Gasteiger partial charge in [-0.1, -0.05) is 6.92 Å². The Hall–Kier alpha value is -0.420. The third-order valence-electron chi connectivity index (χ3n) is 4.43. The lowest BCUT2D eigenvalue weighted by atomic mass is 10.2. The minimum atomic E-state index is 0.750. The lowest BCUT2D eigenvalue weighted by Gasteiger charge is -2.25. The van der Waals surface area contributed by atoms with Crippen LogP contribution in [-0.2, 0) is 13.1 Å². The van der Waals surface area contributed by atoms with Crippen LogP contribution >= 0.6 is 11.3 Å². The average molecular weight is 310 g/mol. The quantitative estimate of drug-likeness (QED) is 0.745. The van der Waals surface area contributed by atoms with Crippen LogP contribution in [0.25, 0.3) is 0 Å². The van der Waals surface area contributed by atoms with E-state index in [9.17, 15) is 0 Å². The van der Waals surface area contributed by atoms with Crippen molar-refractivity contribution in [2.24, 2.45) is 0 Å². The largest absolute Gasteiger partial charge is 0.312 e. The van der Waals surface area contributed by atoms with Crippen LogP contribution in [0.1, 0.15) is 41.5 Å². The molecule has 21 heavy (non-hydrogen) atoms. The second-order valence-electron chi connectivity index (χ2n) is 6.44. The number of rotatable bonds is 8. The molecule has 1 aliphatic heterocycles. The summed E-state index contributed by atoms with van der Waals surface area (Å²) in [6, 6.07) is 3.15. The van der Waals surface area contributed by atoms with Crippen LogP contribution in [0.2, 0.25) is 0 Å². The van der Waals surface area contributed by atoms with Crippen LogP contribution in [0.15, 0.2) is 6.07 Å². The lowest BCUT2D eigenvalue weighted by Crippen LogP contribution is -2.36. The Balaban J connectivity index is 1.83. The number of hydrogen-bond acceptors (Lipinski definition) is 4. The van der Waals surface area contributed by atoms with Crippen LogP contribution in [0.5, 0.6) is 0 Å². The van der Waals surface area contributed by atoms with Crippen LogP contribution in [-0.4, -0.2) is 49.6 Å². The molecule has 1 aromatic heterocycles. The second kappa shape index (κ2) is 8.28. The molecule has 1 atom stereocenters. The summed E-state index contributed by atoms with van der Waals surface area (Å²) in [6.45, 7) is 10.2. The van der Waals surface area contributed by atoms with Crippen molar-refractivity contribution in [3.8, 4) is 0 Å². The summed E-state index contributed by atoms with van der Waals surface area (Å²) in [6.07, 6.45) is 3.92. The van der Waals surface area contributed by atoms with E-state index >= 15 is 0 Å². The van der Waals surface area contributed by atoms with Crippen molar-refractivity contribution >= 4 is 11.3 Å². The Morgan fingerprint density at radius 1 is 1.48 bits per heavy atom. The zero-order valence-electron chi connectivity index (χ0n) is 14.1. The van der Waals surface area contributed by atoms with Gasteiger partial charge in [-0.3, -0.25) is 0 Å². The van der Waals surface area contributed by atoms with E-state index < -0.39 is 0 Å². The van der Waals surface area contributed by atoms with Crippen LogP contribution < -0.4 is 5.32 Å². The van der Waals surface area contributed by atoms with Gasteiger partial charge < -0.3 is 15.1 Å². The minimum Gasteiger partial charge on any atom is -0.312 e. The van der Waals surface area contributed by atoms with E-state index in [1.165, 1.54) is 47.7 Å². The molecule has 0 spiro atoms. The van der Waals surface area contributed by atoms with Gasteiger partial charge in [0.05, 0.1) is 0 Å². The molecule has 3 nitrogen and oxygen atoms in total. The van der Waals surface area contributed by atoms with Crippen LogP contribution in [0, 0.1) is 6.92 Å². The molecule has 1 aromatic rings. The Kier molecular flexibility index (Phi) is 6.68. The summed E-state index contributed by atoms with van der Waals surface area (Å²) in [5.74, 6) is 0. The first kappa shape index (κ1) is 16.9. The molecule has 1 fully saturated rings. The summed E-state index contributed by atoms with van der Waals surface area (Å²) in [4.78, 5) is 7.96. The number of thiophene rings is 1. The molecule has 0 aliphatic carbocycles. The Morgan fingerprint density at radius 3 is 2.95 bits per heavy atom. The summed E-state index contributed by atoms with van der Waals surface area (Å²) < 4.78 is 0. The van der Waals surface area contributed by atoms with Crippen molar-refractivity contribution in [3.63, 3.8) is 0 Å². The fourth-order valence-corrected chi connectivity index (χ4v) is 4.17. The van der Waals surface area contributed by atoms with Gasteiger partial charge in [-0.15, -0.1) is 11.3 Å². The highest BCUT2D eigenvalue weighted by Gasteiger charge is 2.22. The van der Waals surface area contributed by atoms with E-state index in [1.54, 1.807) is 0 Å². The monoisotopic (exact) mass is 309 g/mol. The number of hydrogen-bond donors (Lipinski definition) is 1. The van der Waals surface area contributed by atoms with Gasteiger partial charge in [-0.25, -0.2) is 0 Å². The summed E-state index contributed by atoms with van der Waals surface area (Å²) in [7, 11) is 4.52. The average Bonchev–Trinajstić information content (AvgIpc) is 2.98. The summed E-state index contributed by atoms with van der Waals surface area (Å²) >= 11 is 1.95. The molecular formula is C17H31N3S. The third-order valence-corrected chi connectivity index (χ3v) is 5.52. The SMILES string of the molecule is CCCNCc1cc(CN(C)CC2CCCN2C)c(C)s1. The molecule has 1 unspecified atom stereocenters. The number of likely N-dealkylation sites (N-methyl/N-ethyl adjacent to an activating group) is 2. The zero-order valence-corrected chi connectivity index (χ0v) is 14.9. The fourth-order valence-electron chi connectivity index (χ4n) is 3.15. The Morgan fingerprint density at radius 2 is 2.29 bits per heavy atom. The Bertz CT molecular complexity index is 430. The third kappa shape index (κ3) is 5.06. The molecule has 0 aromatic carbocycles. The van der Waals surface area contributed by atoms with Crippen LogP contribution in [0.3, 0.4) is 0 Å². The highest BCUT2D eigenvalue weighted by atomic mass is 32.1. The van der Waals surface area contributed by atoms with Gasteiger partial charge >= 0.3 is 0 Å². The number of nitrogens with zero attached hydrogens (tertiary/aromatic N) is 2. The van der Waals surface area contributed by atoms with Crippen molar-refractivity contribution in [3.05, 3.63) is 21.4 Å². The molecule has 1 aliphatic rings. The molecule has 0 amide bonds. The van der Waals surface area contributed by atoms with Crippen molar-refractivity contribution in [2.45, 2.75) is 52.2 Å². The highest BCUT2D eigenvalue weighted by molar-refractivity contribution is 7.12. The fraction of sp³-hybridized carbons (Fsp3) is 0.765. The summed E-state index contributed by atoms with van der Waals surface area (Å²) in [5, 5.41) is 3.50. The topological polar surface area (TPSA) is 18.5 Å². The maximum Gasteiger partial charge on any atom is 0.0299 e. The van der Waals surface area contributed by atoms with Gasteiger partial charge in [-0.05, 0) is 65.0 Å². The molecular weight excluding hydrogens is 278 g/mol. The highest BCUT2D eigenvalue weighted by Crippen LogP contribution is 2.23. The van der Waals surface area contributed by atoms with Crippen molar-refractivity contribution in [1.82, 2.24) is 15.1 Å². The first-order chi connectivity index (χ1) is 10.1. The molecule has 120 valence electrons. The van der Waals surface area contributed by atoms with Crippen molar-refractivity contribution in [1.29, 1.82) is 0 Å². The predicted octanol–water partition coefficient (Wildman–Crippen LogP) is 3.08. The number of likely N-dealkylation sites (tertiary alicyclic amines) is 1. The van der Waals surface area contributed by atoms with E-state index in [0.29, 0.717) is 0 Å². The van der Waals surface area contributed by atoms with Gasteiger partial charge in [0, 0.05) is 35.4 Å². The molecule has 4 heteroatoms.